The number of fused-ring (bicyclic) bond motifs is 1. The second-order valence-electron chi connectivity index (χ2n) is 7.08. The molecule has 1 aromatic heterocycles. The van der Waals surface area contributed by atoms with Gasteiger partial charge in [0, 0.05) is 17.5 Å². The van der Waals surface area contributed by atoms with Crippen LogP contribution in [0.1, 0.15) is 23.7 Å². The second kappa shape index (κ2) is 8.75. The Hall–Kier alpha value is -4.06. The molecule has 0 aliphatic carbocycles. The number of anilines is 1. The minimum Gasteiger partial charge on any atom is -0.325 e. The van der Waals surface area contributed by atoms with Crippen LogP contribution in [0.3, 0.4) is 0 Å². The topological polar surface area (TPSA) is 81.1 Å². The van der Waals surface area contributed by atoms with Gasteiger partial charge in [-0.25, -0.2) is 4.98 Å². The first-order valence-corrected chi connectivity index (χ1v) is 10.1. The minimum atomic E-state index is -0.388. The zero-order valence-corrected chi connectivity index (χ0v) is 17.0. The van der Waals surface area contributed by atoms with E-state index in [-0.39, 0.29) is 29.5 Å². The molecule has 6 heteroatoms. The van der Waals surface area contributed by atoms with Gasteiger partial charge in [-0.05, 0) is 18.2 Å². The number of rotatable bonds is 6. The molecule has 1 N–H and O–H groups in total. The lowest BCUT2D eigenvalue weighted by molar-refractivity contribution is -0.115. The van der Waals surface area contributed by atoms with Crippen LogP contribution in [-0.2, 0) is 11.3 Å². The Morgan fingerprint density at radius 2 is 1.58 bits per heavy atom. The Kier molecular flexibility index (Phi) is 5.71. The molecular formula is C25H21N3O3. The van der Waals surface area contributed by atoms with Gasteiger partial charge >= 0.3 is 0 Å². The fourth-order valence-electron chi connectivity index (χ4n) is 3.42. The summed E-state index contributed by atoms with van der Waals surface area (Å²) in [5.41, 5.74) is 2.53. The Morgan fingerprint density at radius 3 is 2.35 bits per heavy atom. The molecule has 0 spiro atoms. The fourth-order valence-corrected chi connectivity index (χ4v) is 3.42. The molecule has 0 saturated carbocycles. The van der Waals surface area contributed by atoms with Gasteiger partial charge in [-0.1, -0.05) is 67.6 Å². The molecule has 154 valence electrons. The van der Waals surface area contributed by atoms with E-state index in [1.807, 2.05) is 18.2 Å². The normalized spacial score (nSPS) is 10.7. The molecular weight excluding hydrogens is 390 g/mol. The van der Waals surface area contributed by atoms with Gasteiger partial charge in [0.2, 0.25) is 5.91 Å². The number of aromatic nitrogens is 2. The molecule has 0 radical (unpaired) electrons. The highest BCUT2D eigenvalue weighted by Crippen LogP contribution is 2.26. The second-order valence-corrected chi connectivity index (χ2v) is 7.08. The molecule has 0 aliphatic heterocycles. The molecule has 0 unspecified atom stereocenters. The number of carbonyl (C=O) groups excluding carboxylic acids is 2. The van der Waals surface area contributed by atoms with Crippen LogP contribution in [-0.4, -0.2) is 21.2 Å². The Morgan fingerprint density at radius 1 is 0.903 bits per heavy atom. The van der Waals surface area contributed by atoms with Crippen LogP contribution in [0.4, 0.5) is 5.69 Å². The standard InChI is InChI=1S/C25H21N3O3/c1-2-23(30)26-19-13-7-6-12-18(19)24-25(31)28(21-15-9-8-14-20(21)27-24)16-22(29)17-10-4-3-5-11-17/h3-15H,2,16H2,1H3,(H,26,30). The highest BCUT2D eigenvalue weighted by molar-refractivity contribution is 5.97. The Balaban J connectivity index is 1.88. The maximum Gasteiger partial charge on any atom is 0.278 e. The number of benzene rings is 3. The first-order chi connectivity index (χ1) is 15.1. The zero-order chi connectivity index (χ0) is 21.8. The van der Waals surface area contributed by atoms with E-state index >= 15 is 0 Å². The van der Waals surface area contributed by atoms with Crippen molar-refractivity contribution >= 4 is 28.4 Å². The van der Waals surface area contributed by atoms with Gasteiger partial charge in [0.1, 0.15) is 5.69 Å². The smallest absolute Gasteiger partial charge is 0.278 e. The van der Waals surface area contributed by atoms with Crippen LogP contribution in [0, 0.1) is 0 Å². The summed E-state index contributed by atoms with van der Waals surface area (Å²) in [6.07, 6.45) is 0.315. The quantitative estimate of drug-likeness (QED) is 0.480. The van der Waals surface area contributed by atoms with E-state index in [2.05, 4.69) is 10.3 Å². The van der Waals surface area contributed by atoms with Crippen LogP contribution in [0.5, 0.6) is 0 Å². The van der Waals surface area contributed by atoms with Crippen LogP contribution in [0.15, 0.2) is 83.7 Å². The SMILES string of the molecule is CCC(=O)Nc1ccccc1-c1nc2ccccc2n(CC(=O)c2ccccc2)c1=O. The number of hydrogen-bond donors (Lipinski definition) is 1. The van der Waals surface area contributed by atoms with Crippen LogP contribution >= 0.6 is 0 Å². The van der Waals surface area contributed by atoms with E-state index < -0.39 is 0 Å². The zero-order valence-electron chi connectivity index (χ0n) is 17.0. The molecule has 31 heavy (non-hydrogen) atoms. The van der Waals surface area contributed by atoms with Gasteiger partial charge in [0.05, 0.1) is 23.3 Å². The molecule has 0 bridgehead atoms. The number of Topliss-reactive ketones (excluding diaryl/α,β-unsaturated/α-hetero) is 1. The van der Waals surface area contributed by atoms with Crippen molar-refractivity contribution in [2.24, 2.45) is 0 Å². The summed E-state index contributed by atoms with van der Waals surface area (Å²) in [5.74, 6) is -0.328. The van der Waals surface area contributed by atoms with Crippen molar-refractivity contribution in [3.05, 3.63) is 94.8 Å². The number of amides is 1. The van der Waals surface area contributed by atoms with E-state index in [4.69, 9.17) is 0 Å². The van der Waals surface area contributed by atoms with Gasteiger partial charge < -0.3 is 5.32 Å². The summed E-state index contributed by atoms with van der Waals surface area (Å²) in [5, 5.41) is 2.83. The number of para-hydroxylation sites is 3. The summed E-state index contributed by atoms with van der Waals surface area (Å²) in [7, 11) is 0. The molecule has 0 atom stereocenters. The maximum atomic E-state index is 13.5. The van der Waals surface area contributed by atoms with Gasteiger partial charge in [0.15, 0.2) is 5.78 Å². The van der Waals surface area contributed by atoms with Crippen molar-refractivity contribution in [2.45, 2.75) is 19.9 Å². The molecule has 0 fully saturated rings. The summed E-state index contributed by atoms with van der Waals surface area (Å²) in [6.45, 7) is 1.65. The van der Waals surface area contributed by atoms with Crippen LogP contribution in [0.25, 0.3) is 22.3 Å². The van der Waals surface area contributed by atoms with E-state index in [1.165, 1.54) is 4.57 Å². The molecule has 3 aromatic carbocycles. The molecule has 6 nitrogen and oxygen atoms in total. The number of nitrogens with zero attached hydrogens (tertiary/aromatic N) is 2. The van der Waals surface area contributed by atoms with Gasteiger partial charge in [-0.2, -0.15) is 0 Å². The van der Waals surface area contributed by atoms with Crippen molar-refractivity contribution in [3.63, 3.8) is 0 Å². The first kappa shape index (κ1) is 20.2. The molecule has 4 aromatic rings. The lowest BCUT2D eigenvalue weighted by Gasteiger charge is -2.14. The van der Waals surface area contributed by atoms with Gasteiger partial charge in [-0.3, -0.25) is 19.0 Å². The van der Waals surface area contributed by atoms with Crippen molar-refractivity contribution in [1.29, 1.82) is 0 Å². The van der Waals surface area contributed by atoms with Crippen LogP contribution < -0.4 is 10.9 Å². The third-order valence-corrected chi connectivity index (χ3v) is 5.03. The Labute approximate surface area is 179 Å². The van der Waals surface area contributed by atoms with Crippen molar-refractivity contribution < 1.29 is 9.59 Å². The third kappa shape index (κ3) is 4.14. The van der Waals surface area contributed by atoms with E-state index in [9.17, 15) is 14.4 Å². The summed E-state index contributed by atoms with van der Waals surface area (Å²) in [4.78, 5) is 42.9. The lowest BCUT2D eigenvalue weighted by Crippen LogP contribution is -2.27. The highest BCUT2D eigenvalue weighted by atomic mass is 16.2. The average molecular weight is 411 g/mol. The number of hydrogen-bond acceptors (Lipinski definition) is 4. The third-order valence-electron chi connectivity index (χ3n) is 5.03. The van der Waals surface area contributed by atoms with Gasteiger partial charge in [0.25, 0.3) is 5.56 Å². The molecule has 1 amide bonds. The van der Waals surface area contributed by atoms with Crippen LogP contribution in [0.2, 0.25) is 0 Å². The first-order valence-electron chi connectivity index (χ1n) is 10.1. The molecule has 4 rings (SSSR count). The number of carbonyl (C=O) groups is 2. The molecule has 0 aliphatic rings. The number of ketones is 1. The van der Waals surface area contributed by atoms with Crippen molar-refractivity contribution in [3.8, 4) is 11.3 Å². The predicted molar refractivity (Wildman–Crippen MR) is 121 cm³/mol. The van der Waals surface area contributed by atoms with E-state index in [0.717, 1.165) is 0 Å². The number of nitrogens with one attached hydrogen (secondary N) is 1. The van der Waals surface area contributed by atoms with E-state index in [1.54, 1.807) is 67.6 Å². The van der Waals surface area contributed by atoms with Crippen molar-refractivity contribution in [2.75, 3.05) is 5.32 Å². The van der Waals surface area contributed by atoms with Gasteiger partial charge in [-0.15, -0.1) is 0 Å². The maximum absolute atomic E-state index is 13.5. The minimum absolute atomic E-state index is 0.109. The summed E-state index contributed by atoms with van der Waals surface area (Å²) < 4.78 is 1.45. The lowest BCUT2D eigenvalue weighted by atomic mass is 10.1. The summed E-state index contributed by atoms with van der Waals surface area (Å²) in [6, 6.07) is 23.1. The largest absolute Gasteiger partial charge is 0.325 e. The van der Waals surface area contributed by atoms with E-state index in [0.29, 0.717) is 34.3 Å². The summed E-state index contributed by atoms with van der Waals surface area (Å²) >= 11 is 0. The highest BCUT2D eigenvalue weighted by Gasteiger charge is 2.18. The predicted octanol–water partition coefficient (Wildman–Crippen LogP) is 4.29. The monoisotopic (exact) mass is 411 g/mol. The average Bonchev–Trinajstić information content (AvgIpc) is 2.81. The molecule has 0 saturated heterocycles. The fraction of sp³-hybridized carbons (Fsp3) is 0.120. The van der Waals surface area contributed by atoms with Crippen molar-refractivity contribution in [1.82, 2.24) is 9.55 Å². The Bertz CT molecular complexity index is 1330. The molecule has 1 heterocycles.